The second-order valence-corrected chi connectivity index (χ2v) is 7.94. The van der Waals surface area contributed by atoms with Crippen molar-refractivity contribution in [3.63, 3.8) is 0 Å². The number of benzene rings is 3. The maximum atomic E-state index is 11.5. The van der Waals surface area contributed by atoms with Crippen LogP contribution < -0.4 is 9.47 Å². The van der Waals surface area contributed by atoms with E-state index < -0.39 is 5.97 Å². The fourth-order valence-corrected chi connectivity index (χ4v) is 4.17. The lowest BCUT2D eigenvalue weighted by Crippen LogP contribution is -1.99. The molecular weight excluding hydrogens is 410 g/mol. The molecule has 0 spiro atoms. The second-order valence-electron chi connectivity index (χ2n) is 6.91. The third kappa shape index (κ3) is 5.10. The number of carboxylic acids is 1. The summed E-state index contributed by atoms with van der Waals surface area (Å²) in [5.74, 6) is 0.312. The highest BCUT2D eigenvalue weighted by molar-refractivity contribution is 7.19. The van der Waals surface area contributed by atoms with E-state index in [2.05, 4.69) is 4.98 Å². The van der Waals surface area contributed by atoms with Crippen LogP contribution >= 0.6 is 11.3 Å². The average Bonchev–Trinajstić information content (AvgIpc) is 3.22. The number of carboxylic acid groups (broad SMARTS) is 1. The van der Waals surface area contributed by atoms with Gasteiger partial charge in [0.05, 0.1) is 23.7 Å². The molecule has 4 aromatic rings. The van der Waals surface area contributed by atoms with Crippen molar-refractivity contribution < 1.29 is 19.4 Å². The fraction of sp³-hybridized carbons (Fsp3) is 0.120. The Morgan fingerprint density at radius 2 is 1.81 bits per heavy atom. The molecule has 0 saturated heterocycles. The molecule has 0 amide bonds. The smallest absolute Gasteiger partial charge is 0.307 e. The zero-order valence-electron chi connectivity index (χ0n) is 16.9. The summed E-state index contributed by atoms with van der Waals surface area (Å²) in [6, 6.07) is 23.2. The summed E-state index contributed by atoms with van der Waals surface area (Å²) in [6.45, 7) is 0.407. The number of para-hydroxylation sites is 1. The van der Waals surface area contributed by atoms with Crippen LogP contribution in [-0.2, 0) is 11.4 Å². The molecule has 0 atom stereocenters. The summed E-state index contributed by atoms with van der Waals surface area (Å²) in [7, 11) is 1.59. The molecule has 0 saturated carbocycles. The van der Waals surface area contributed by atoms with Gasteiger partial charge in [0.25, 0.3) is 0 Å². The predicted octanol–water partition coefficient (Wildman–Crippen LogP) is 5.90. The van der Waals surface area contributed by atoms with Crippen molar-refractivity contribution in [1.29, 1.82) is 0 Å². The van der Waals surface area contributed by atoms with Gasteiger partial charge in [0.15, 0.2) is 11.5 Å². The molecule has 5 nitrogen and oxygen atoms in total. The van der Waals surface area contributed by atoms with Crippen LogP contribution in [0, 0.1) is 0 Å². The number of hydrogen-bond acceptors (Lipinski definition) is 5. The number of hydrogen-bond donors (Lipinski definition) is 1. The molecule has 1 N–H and O–H groups in total. The Bertz CT molecular complexity index is 1200. The topological polar surface area (TPSA) is 68.7 Å². The van der Waals surface area contributed by atoms with Gasteiger partial charge in [-0.25, -0.2) is 4.98 Å². The van der Waals surface area contributed by atoms with Gasteiger partial charge in [0.2, 0.25) is 0 Å². The van der Waals surface area contributed by atoms with Gasteiger partial charge in [-0.2, -0.15) is 0 Å². The molecule has 1 aromatic heterocycles. The monoisotopic (exact) mass is 431 g/mol. The minimum Gasteiger partial charge on any atom is -0.493 e. The van der Waals surface area contributed by atoms with E-state index in [4.69, 9.17) is 9.47 Å². The van der Waals surface area contributed by atoms with E-state index in [0.717, 1.165) is 21.3 Å². The number of fused-ring (bicyclic) bond motifs is 1. The van der Waals surface area contributed by atoms with Crippen LogP contribution in [0.2, 0.25) is 0 Å². The van der Waals surface area contributed by atoms with Gasteiger partial charge in [-0.1, -0.05) is 48.5 Å². The summed E-state index contributed by atoms with van der Waals surface area (Å²) in [6.07, 6.45) is 1.73. The number of thiazole rings is 1. The Balaban J connectivity index is 1.67. The molecule has 4 rings (SSSR count). The number of ether oxygens (including phenoxy) is 2. The van der Waals surface area contributed by atoms with Crippen molar-refractivity contribution >= 4 is 39.2 Å². The van der Waals surface area contributed by atoms with E-state index in [1.165, 1.54) is 11.3 Å². The van der Waals surface area contributed by atoms with E-state index in [0.29, 0.717) is 28.7 Å². The maximum Gasteiger partial charge on any atom is 0.307 e. The van der Waals surface area contributed by atoms with E-state index >= 15 is 0 Å². The quantitative estimate of drug-likeness (QED) is 0.376. The van der Waals surface area contributed by atoms with Crippen molar-refractivity contribution in [2.24, 2.45) is 0 Å². The molecule has 0 fully saturated rings. The van der Waals surface area contributed by atoms with Gasteiger partial charge in [0.1, 0.15) is 11.6 Å². The van der Waals surface area contributed by atoms with E-state index in [-0.39, 0.29) is 6.42 Å². The number of carbonyl (C=O) groups is 1. The van der Waals surface area contributed by atoms with Crippen LogP contribution in [0.4, 0.5) is 0 Å². The average molecular weight is 432 g/mol. The molecule has 0 unspecified atom stereocenters. The van der Waals surface area contributed by atoms with Crippen molar-refractivity contribution in [3.8, 4) is 11.5 Å². The molecule has 0 aliphatic carbocycles. The van der Waals surface area contributed by atoms with Crippen molar-refractivity contribution in [2.75, 3.05) is 7.11 Å². The molecule has 0 aliphatic rings. The Labute approximate surface area is 184 Å². The number of methoxy groups -OCH3 is 1. The molecule has 0 radical (unpaired) electrons. The molecule has 0 bridgehead atoms. The minimum atomic E-state index is -0.903. The van der Waals surface area contributed by atoms with Gasteiger partial charge < -0.3 is 14.6 Å². The largest absolute Gasteiger partial charge is 0.493 e. The molecule has 6 heteroatoms. The third-order valence-corrected chi connectivity index (χ3v) is 5.79. The lowest BCUT2D eigenvalue weighted by molar-refractivity contribution is -0.135. The maximum absolute atomic E-state index is 11.5. The van der Waals surface area contributed by atoms with Crippen LogP contribution in [0.15, 0.2) is 72.8 Å². The zero-order valence-corrected chi connectivity index (χ0v) is 17.8. The highest BCUT2D eigenvalue weighted by Crippen LogP contribution is 2.33. The highest BCUT2D eigenvalue weighted by atomic mass is 32.1. The van der Waals surface area contributed by atoms with Crippen molar-refractivity contribution in [2.45, 2.75) is 13.0 Å². The van der Waals surface area contributed by atoms with E-state index in [1.54, 1.807) is 7.11 Å². The lowest BCUT2D eigenvalue weighted by Gasteiger charge is -2.12. The number of rotatable bonds is 8. The van der Waals surface area contributed by atoms with Gasteiger partial charge in [0, 0.05) is 0 Å². The zero-order chi connectivity index (χ0) is 21.6. The van der Waals surface area contributed by atoms with Gasteiger partial charge in [-0.15, -0.1) is 11.3 Å². The van der Waals surface area contributed by atoms with Crippen LogP contribution in [0.1, 0.15) is 22.6 Å². The van der Waals surface area contributed by atoms with Crippen LogP contribution in [-0.4, -0.2) is 23.2 Å². The Kier molecular flexibility index (Phi) is 6.29. The molecule has 156 valence electrons. The minimum absolute atomic E-state index is 0.119. The Hall–Kier alpha value is -3.64. The molecule has 3 aromatic carbocycles. The van der Waals surface area contributed by atoms with Gasteiger partial charge in [-0.3, -0.25) is 4.79 Å². The molecular formula is C25H21NO4S. The van der Waals surface area contributed by atoms with E-state index in [9.17, 15) is 9.90 Å². The molecule has 0 aliphatic heterocycles. The predicted molar refractivity (Wildman–Crippen MR) is 124 cm³/mol. The Morgan fingerprint density at radius 3 is 2.55 bits per heavy atom. The summed E-state index contributed by atoms with van der Waals surface area (Å²) in [4.78, 5) is 16.1. The molecule has 1 heterocycles. The first-order chi connectivity index (χ1) is 15.1. The van der Waals surface area contributed by atoms with Gasteiger partial charge >= 0.3 is 5.97 Å². The first-order valence-corrected chi connectivity index (χ1v) is 10.6. The van der Waals surface area contributed by atoms with Crippen LogP contribution in [0.3, 0.4) is 0 Å². The summed E-state index contributed by atoms with van der Waals surface area (Å²) in [5, 5.41) is 10.1. The summed E-state index contributed by atoms with van der Waals surface area (Å²) < 4.78 is 12.4. The van der Waals surface area contributed by atoms with Gasteiger partial charge in [-0.05, 0) is 47.0 Å². The highest BCUT2D eigenvalue weighted by Gasteiger charge is 2.14. The number of aromatic nitrogens is 1. The van der Waals surface area contributed by atoms with Crippen LogP contribution in [0.5, 0.6) is 11.5 Å². The standard InChI is InChI=1S/C25H21NO4S/c1-29-21-12-11-18(14-22(21)30-16-17-7-3-2-4-8-17)13-19(15-24(27)28)25-26-20-9-5-6-10-23(20)31-25/h2-14H,15-16H2,1H3,(H,27,28)/b19-13+. The lowest BCUT2D eigenvalue weighted by atomic mass is 10.1. The molecule has 31 heavy (non-hydrogen) atoms. The third-order valence-electron chi connectivity index (χ3n) is 4.68. The number of nitrogens with zero attached hydrogens (tertiary/aromatic N) is 1. The van der Waals surface area contributed by atoms with Crippen LogP contribution in [0.25, 0.3) is 21.9 Å². The van der Waals surface area contributed by atoms with Crippen molar-refractivity contribution in [1.82, 2.24) is 4.98 Å². The summed E-state index contributed by atoms with van der Waals surface area (Å²) >= 11 is 1.49. The van der Waals surface area contributed by atoms with Crippen molar-refractivity contribution in [3.05, 3.63) is 88.9 Å². The second kappa shape index (κ2) is 9.45. The summed E-state index contributed by atoms with van der Waals surface area (Å²) in [5.41, 5.74) is 3.37. The van der Waals surface area contributed by atoms with E-state index in [1.807, 2.05) is 78.9 Å². The SMILES string of the molecule is COc1ccc(/C=C(\CC(=O)O)c2nc3ccccc3s2)cc1OCc1ccccc1. The Morgan fingerprint density at radius 1 is 1.03 bits per heavy atom. The first-order valence-electron chi connectivity index (χ1n) is 9.75. The normalized spacial score (nSPS) is 11.5. The number of aliphatic carboxylic acids is 1. The fourth-order valence-electron chi connectivity index (χ4n) is 3.19. The first kappa shape index (κ1) is 20.6.